The third kappa shape index (κ3) is 63.8. The molecule has 0 atom stereocenters. The normalized spacial score (nSPS) is 11.1. The zero-order valence-electron chi connectivity index (χ0n) is 57.6. The highest BCUT2D eigenvalue weighted by Gasteiger charge is 2.46. The Morgan fingerprint density at radius 2 is 0.330 bits per heavy atom. The summed E-state index contributed by atoms with van der Waals surface area (Å²) in [5.41, 5.74) is -3.22. The van der Waals surface area contributed by atoms with Gasteiger partial charge in [0, 0.05) is 12.8 Å². The second kappa shape index (κ2) is 72.3. The maximum absolute atomic E-state index is 11.8. The Morgan fingerprint density at radius 1 is 0.216 bits per heavy atom. The summed E-state index contributed by atoms with van der Waals surface area (Å²) in [4.78, 5) is 84.4. The number of rotatable bonds is 66. The molecular weight excluding hydrogens is 1110 g/mol. The molecule has 0 aromatic heterocycles. The van der Waals surface area contributed by atoms with Crippen molar-refractivity contribution in [1.82, 2.24) is 0 Å². The van der Waals surface area contributed by atoms with Crippen molar-refractivity contribution in [2.75, 3.05) is 0 Å². The van der Waals surface area contributed by atoms with E-state index in [1.165, 1.54) is 225 Å². The fourth-order valence-corrected chi connectivity index (χ4v) is 11.8. The minimum Gasteiger partial charge on any atom is -0.481 e. The number of hydrogen-bond donors (Lipinski definition) is 6. The van der Waals surface area contributed by atoms with Crippen LogP contribution in [0.5, 0.6) is 0 Å². The van der Waals surface area contributed by atoms with Gasteiger partial charge in [-0.05, 0) is 38.5 Å². The molecule has 14 nitrogen and oxygen atoms in total. The van der Waals surface area contributed by atoms with E-state index in [9.17, 15) is 49.2 Å². The van der Waals surface area contributed by atoms with Gasteiger partial charge in [-0.1, -0.05) is 368 Å². The van der Waals surface area contributed by atoms with E-state index >= 15 is 0 Å². The largest absolute Gasteiger partial charge is 0.481 e. The molecule has 0 bridgehead atoms. The van der Waals surface area contributed by atoms with E-state index in [1.807, 2.05) is 0 Å². The molecule has 0 aliphatic rings. The van der Waals surface area contributed by atoms with Crippen LogP contribution in [-0.2, 0) is 38.4 Å². The Balaban J connectivity index is -0.000000590. The molecule has 88 heavy (non-hydrogen) atoms. The fourth-order valence-electron chi connectivity index (χ4n) is 11.8. The molecule has 0 unspecified atom stereocenters. The Labute approximate surface area is 538 Å². The Kier molecular flexibility index (Phi) is 74.4. The molecule has 0 radical (unpaired) electrons. The molecular formula is C74H140O14. The Bertz CT molecular complexity index is 1540. The summed E-state index contributed by atoms with van der Waals surface area (Å²) < 4.78 is 0. The van der Waals surface area contributed by atoms with Gasteiger partial charge < -0.3 is 30.6 Å². The van der Waals surface area contributed by atoms with Gasteiger partial charge in [-0.2, -0.15) is 9.59 Å². The first kappa shape index (κ1) is 90.6. The summed E-state index contributed by atoms with van der Waals surface area (Å²) in [6.07, 6.45) is 66.7. The maximum Gasteiger partial charge on any atom is 0.373 e. The molecule has 520 valence electrons. The monoisotopic (exact) mass is 1250 g/mol. The van der Waals surface area contributed by atoms with Gasteiger partial charge in [-0.15, -0.1) is 0 Å². The first-order valence-corrected chi connectivity index (χ1v) is 36.9. The van der Waals surface area contributed by atoms with Gasteiger partial charge in [-0.3, -0.25) is 28.8 Å². The molecule has 14 heteroatoms. The highest BCUT2D eigenvalue weighted by atomic mass is 16.4. The molecule has 0 aromatic carbocycles. The summed E-state index contributed by atoms with van der Waals surface area (Å²) in [6, 6.07) is 0. The quantitative estimate of drug-likeness (QED) is 0.0245. The average molecular weight is 1250 g/mol. The first-order chi connectivity index (χ1) is 42.6. The fraction of sp³-hybridized carbons (Fsp3) is 0.905. The number of carboxylic acids is 6. The second-order valence-electron chi connectivity index (χ2n) is 25.8. The van der Waals surface area contributed by atoms with Crippen LogP contribution < -0.4 is 0 Å². The van der Waals surface area contributed by atoms with Crippen LogP contribution in [0.15, 0.2) is 0 Å². The van der Waals surface area contributed by atoms with Crippen LogP contribution in [-0.4, -0.2) is 72.6 Å². The molecule has 6 N–H and O–H groups in total. The van der Waals surface area contributed by atoms with E-state index in [2.05, 4.69) is 27.7 Å². The first-order valence-electron chi connectivity index (χ1n) is 36.9. The van der Waals surface area contributed by atoms with Crippen molar-refractivity contribution in [2.24, 2.45) is 10.8 Å². The third-order valence-electron chi connectivity index (χ3n) is 17.7. The van der Waals surface area contributed by atoms with Crippen molar-refractivity contribution in [1.29, 1.82) is 0 Å². The number of aliphatic carboxylic acids is 6. The van der Waals surface area contributed by atoms with E-state index in [4.69, 9.17) is 19.8 Å². The highest BCUT2D eigenvalue weighted by Crippen LogP contribution is 2.35. The smallest absolute Gasteiger partial charge is 0.373 e. The number of carboxylic acid groups (broad SMARTS) is 6. The molecule has 0 saturated carbocycles. The third-order valence-corrected chi connectivity index (χ3v) is 17.7. The van der Waals surface area contributed by atoms with Gasteiger partial charge in [-0.25, -0.2) is 0 Å². The predicted octanol–water partition coefficient (Wildman–Crippen LogP) is 22.7. The molecule has 0 aliphatic carbocycles. The highest BCUT2D eigenvalue weighted by molar-refractivity contribution is 5.98. The van der Waals surface area contributed by atoms with Crippen LogP contribution in [0.4, 0.5) is 0 Å². The molecule has 0 saturated heterocycles. The topological polar surface area (TPSA) is 258 Å². The number of carbonyl (C=O) groups excluding carboxylic acids is 2. The van der Waals surface area contributed by atoms with Crippen LogP contribution in [0.25, 0.3) is 0 Å². The van der Waals surface area contributed by atoms with Crippen LogP contribution in [0.2, 0.25) is 0 Å². The second-order valence-corrected chi connectivity index (χ2v) is 25.8. The lowest BCUT2D eigenvalue weighted by atomic mass is 9.78. The predicted molar refractivity (Wildman–Crippen MR) is 360 cm³/mol. The van der Waals surface area contributed by atoms with Crippen LogP contribution >= 0.6 is 0 Å². The minimum atomic E-state index is -1.64. The van der Waals surface area contributed by atoms with Crippen LogP contribution in [0.1, 0.15) is 419 Å². The molecule has 0 amide bonds. The van der Waals surface area contributed by atoms with Crippen molar-refractivity contribution in [2.45, 2.75) is 419 Å². The van der Waals surface area contributed by atoms with Crippen molar-refractivity contribution < 1.29 is 69.0 Å². The molecule has 0 aliphatic heterocycles. The van der Waals surface area contributed by atoms with Gasteiger partial charge in [0.1, 0.15) is 0 Å². The van der Waals surface area contributed by atoms with E-state index in [0.29, 0.717) is 38.5 Å². The molecule has 0 heterocycles. The van der Waals surface area contributed by atoms with Crippen LogP contribution in [0.3, 0.4) is 0 Å². The molecule has 0 spiro atoms. The van der Waals surface area contributed by atoms with Crippen molar-refractivity contribution in [3.8, 4) is 0 Å². The number of unbranched alkanes of at least 4 members (excludes halogenated alkanes) is 50. The van der Waals surface area contributed by atoms with E-state index in [-0.39, 0.29) is 38.3 Å². The number of hydrogen-bond acceptors (Lipinski definition) is 8. The van der Waals surface area contributed by atoms with Crippen molar-refractivity contribution in [3.63, 3.8) is 0 Å². The lowest BCUT2D eigenvalue weighted by Gasteiger charge is -2.25. The van der Waals surface area contributed by atoms with Crippen LogP contribution in [0, 0.1) is 10.8 Å². The Hall–Kier alpha value is -3.80. The van der Waals surface area contributed by atoms with E-state index < -0.39 is 46.6 Å². The summed E-state index contributed by atoms with van der Waals surface area (Å²) >= 11 is 0. The molecule has 0 aromatic rings. The van der Waals surface area contributed by atoms with E-state index in [0.717, 1.165) is 96.3 Å². The summed E-state index contributed by atoms with van der Waals surface area (Å²) in [5, 5.41) is 55.8. The lowest BCUT2D eigenvalue weighted by molar-refractivity contribution is -0.192. The van der Waals surface area contributed by atoms with Gasteiger partial charge in [0.05, 0.1) is 0 Å². The maximum atomic E-state index is 11.8. The van der Waals surface area contributed by atoms with E-state index in [1.54, 1.807) is 0 Å². The molecule has 0 fully saturated rings. The van der Waals surface area contributed by atoms with Crippen molar-refractivity contribution in [3.05, 3.63) is 0 Å². The van der Waals surface area contributed by atoms with Gasteiger partial charge in [0.2, 0.25) is 0 Å². The van der Waals surface area contributed by atoms with Gasteiger partial charge >= 0.3 is 42.0 Å². The zero-order chi connectivity index (χ0) is 66.3. The number of carbonyl (C=O) groups is 6. The molecule has 0 rings (SSSR count). The summed E-state index contributed by atoms with van der Waals surface area (Å²) in [6.45, 7) is 8.91. The lowest BCUT2D eigenvalue weighted by Crippen LogP contribution is -2.39. The zero-order valence-corrected chi connectivity index (χ0v) is 57.6. The summed E-state index contributed by atoms with van der Waals surface area (Å²) in [5.74, 6) is -6.09. The standard InChI is InChI=1S/C25H46O6.C25H48O4.C23H46O2.CO2/c1-2-3-4-5-6-8-11-14-17-20-25(23(28)29,24(30)31)21-18-15-12-9-7-10-13-16-19-22(26)27;1-3-5-7-9-11-13-15-17-19-21-25(23(26)27,24(28)29)22-20-18-16-14-12-10-8-6-4-2;1-2-3-4-5-6-7-8-9-10-11-12-13-14-15-16-17-18-19-20-21-22-23(24)25;2-1-3/h2-21H2,1H3,(H,26,27)(H,28,29)(H,30,31);3-22H2,1-2H3,(H,26,27)(H,28,29);2-22H2,1H3,(H,24,25);. The van der Waals surface area contributed by atoms with Gasteiger partial charge in [0.25, 0.3) is 0 Å². The van der Waals surface area contributed by atoms with Gasteiger partial charge in [0.15, 0.2) is 10.8 Å². The van der Waals surface area contributed by atoms with Crippen molar-refractivity contribution >= 4 is 42.0 Å². The SMILES string of the molecule is CCCCCCCCCCCC(CCCCCCCCCCC(=O)O)(C(=O)O)C(=O)O.CCCCCCCCCCCC(CCCCCCCCCCC)(C(=O)O)C(=O)O.CCCCCCCCCCCCCCCCCCCCCCC(=O)O.O=C=O. The summed E-state index contributed by atoms with van der Waals surface area (Å²) in [7, 11) is 0. The minimum absolute atomic E-state index is 0.202. The Morgan fingerprint density at radius 3 is 0.443 bits per heavy atom. The average Bonchev–Trinajstić information content (AvgIpc) is 2.67.